The molecular formula is C17H16FN5O3S. The van der Waals surface area contributed by atoms with Crippen LogP contribution in [0.3, 0.4) is 0 Å². The van der Waals surface area contributed by atoms with Crippen LogP contribution in [-0.2, 0) is 10.2 Å². The van der Waals surface area contributed by atoms with Gasteiger partial charge in [-0.2, -0.15) is 8.42 Å². The Bertz CT molecular complexity index is 1140. The minimum Gasteiger partial charge on any atom is -0.350 e. The van der Waals surface area contributed by atoms with Crippen LogP contribution in [0.1, 0.15) is 10.4 Å². The van der Waals surface area contributed by atoms with Gasteiger partial charge in [0.1, 0.15) is 5.82 Å². The topological polar surface area (TPSA) is 98.4 Å². The molecule has 0 bridgehead atoms. The molecule has 8 nitrogen and oxygen atoms in total. The van der Waals surface area contributed by atoms with Crippen LogP contribution in [0, 0.1) is 5.82 Å². The zero-order valence-electron chi connectivity index (χ0n) is 14.3. The Morgan fingerprint density at radius 3 is 2.85 bits per heavy atom. The van der Waals surface area contributed by atoms with E-state index in [1.807, 2.05) is 0 Å². The van der Waals surface area contributed by atoms with Gasteiger partial charge in [-0.05, 0) is 30.3 Å². The first kappa shape index (κ1) is 17.3. The smallest absolute Gasteiger partial charge is 0.326 e. The first-order valence-electron chi connectivity index (χ1n) is 8.15. The molecule has 0 fully saturated rings. The third kappa shape index (κ3) is 2.87. The highest BCUT2D eigenvalue weighted by Crippen LogP contribution is 2.39. The molecule has 0 atom stereocenters. The van der Waals surface area contributed by atoms with Gasteiger partial charge in [0.15, 0.2) is 0 Å². The lowest BCUT2D eigenvalue weighted by atomic mass is 10.2. The van der Waals surface area contributed by atoms with Crippen LogP contribution in [-0.4, -0.2) is 44.4 Å². The Balaban J connectivity index is 1.48. The Labute approximate surface area is 154 Å². The highest BCUT2D eigenvalue weighted by Gasteiger charge is 2.37. The zero-order valence-corrected chi connectivity index (χ0v) is 15.1. The van der Waals surface area contributed by atoms with Gasteiger partial charge in [-0.1, -0.05) is 0 Å². The number of aromatic nitrogens is 2. The maximum Gasteiger partial charge on any atom is 0.326 e. The zero-order chi connectivity index (χ0) is 19.2. The van der Waals surface area contributed by atoms with Crippen LogP contribution in [0.15, 0.2) is 42.7 Å². The molecule has 1 aromatic heterocycles. The summed E-state index contributed by atoms with van der Waals surface area (Å²) in [6.45, 7) is 0.0596. The van der Waals surface area contributed by atoms with Gasteiger partial charge < -0.3 is 10.3 Å². The third-order valence-corrected chi connectivity index (χ3v) is 6.28. The quantitative estimate of drug-likeness (QED) is 0.709. The molecular weight excluding hydrogens is 373 g/mol. The van der Waals surface area contributed by atoms with Crippen LogP contribution >= 0.6 is 0 Å². The highest BCUT2D eigenvalue weighted by molar-refractivity contribution is 7.94. The van der Waals surface area contributed by atoms with Crippen molar-refractivity contribution in [2.24, 2.45) is 0 Å². The number of aromatic amines is 1. The van der Waals surface area contributed by atoms with E-state index in [-0.39, 0.29) is 24.7 Å². The summed E-state index contributed by atoms with van der Waals surface area (Å²) in [7, 11) is -2.38. The molecule has 0 spiro atoms. The number of nitrogens with one attached hydrogen (secondary N) is 2. The Hall–Kier alpha value is -3.14. The summed E-state index contributed by atoms with van der Waals surface area (Å²) in [5.41, 5.74) is 2.56. The first-order chi connectivity index (χ1) is 12.9. The number of anilines is 2. The number of benzene rings is 2. The maximum atomic E-state index is 13.6. The van der Waals surface area contributed by atoms with E-state index in [2.05, 4.69) is 15.3 Å². The fraction of sp³-hybridized carbons (Fsp3) is 0.176. The number of hydrogen-bond acceptors (Lipinski definition) is 4. The molecule has 2 N–H and O–H groups in total. The van der Waals surface area contributed by atoms with E-state index in [9.17, 15) is 17.6 Å². The van der Waals surface area contributed by atoms with E-state index >= 15 is 0 Å². The standard InChI is InChI=1S/C17H16FN5O3S/c1-22-15-5-3-12(18)9-16(15)23(27(22,25)26)7-6-19-17(24)11-2-4-13-14(8-11)21-10-20-13/h2-5,8-10H,6-7H2,1H3,(H,19,24)(H,20,21). The summed E-state index contributed by atoms with van der Waals surface area (Å²) in [5.74, 6) is -0.864. The molecule has 0 saturated heterocycles. The molecule has 2 heterocycles. The average molecular weight is 389 g/mol. The van der Waals surface area contributed by atoms with Crippen molar-refractivity contribution >= 4 is 38.5 Å². The van der Waals surface area contributed by atoms with Gasteiger partial charge in [-0.25, -0.2) is 13.7 Å². The number of nitrogens with zero attached hydrogens (tertiary/aromatic N) is 3. The molecule has 140 valence electrons. The lowest BCUT2D eigenvalue weighted by Crippen LogP contribution is -2.40. The van der Waals surface area contributed by atoms with Crippen molar-refractivity contribution in [1.82, 2.24) is 15.3 Å². The monoisotopic (exact) mass is 389 g/mol. The number of rotatable bonds is 4. The number of imidazole rings is 1. The van der Waals surface area contributed by atoms with Crippen LogP contribution in [0.25, 0.3) is 11.0 Å². The van der Waals surface area contributed by atoms with Crippen LogP contribution in [0.2, 0.25) is 0 Å². The van der Waals surface area contributed by atoms with Crippen LogP contribution in [0.4, 0.5) is 15.8 Å². The van der Waals surface area contributed by atoms with E-state index in [0.29, 0.717) is 11.3 Å². The molecule has 0 saturated carbocycles. The third-order valence-electron chi connectivity index (χ3n) is 4.45. The van der Waals surface area contributed by atoms with Crippen molar-refractivity contribution < 1.29 is 17.6 Å². The van der Waals surface area contributed by atoms with Gasteiger partial charge in [0.05, 0.1) is 35.3 Å². The minimum atomic E-state index is -3.79. The summed E-state index contributed by atoms with van der Waals surface area (Å²) in [5, 5.41) is 2.69. The predicted octanol–water partition coefficient (Wildman–Crippen LogP) is 1.63. The van der Waals surface area contributed by atoms with Crippen molar-refractivity contribution in [3.8, 4) is 0 Å². The van der Waals surface area contributed by atoms with Crippen molar-refractivity contribution in [2.75, 3.05) is 28.7 Å². The van der Waals surface area contributed by atoms with Crippen molar-refractivity contribution in [1.29, 1.82) is 0 Å². The van der Waals surface area contributed by atoms with E-state index in [0.717, 1.165) is 19.6 Å². The van der Waals surface area contributed by atoms with E-state index < -0.39 is 16.0 Å². The molecule has 0 aliphatic carbocycles. The number of carbonyl (C=O) groups is 1. The highest BCUT2D eigenvalue weighted by atomic mass is 32.2. The second-order valence-electron chi connectivity index (χ2n) is 6.07. The van der Waals surface area contributed by atoms with Crippen LogP contribution in [0.5, 0.6) is 0 Å². The molecule has 2 aromatic carbocycles. The van der Waals surface area contributed by atoms with Gasteiger partial charge in [-0.15, -0.1) is 0 Å². The Morgan fingerprint density at radius 2 is 2.04 bits per heavy atom. The summed E-state index contributed by atoms with van der Waals surface area (Å²) >= 11 is 0. The lowest BCUT2D eigenvalue weighted by molar-refractivity contribution is 0.0955. The number of amides is 1. The average Bonchev–Trinajstić information content (AvgIpc) is 3.17. The number of carbonyl (C=O) groups excluding carboxylic acids is 1. The summed E-state index contributed by atoms with van der Waals surface area (Å²) in [6.07, 6.45) is 1.54. The Kier molecular flexibility index (Phi) is 3.99. The van der Waals surface area contributed by atoms with Crippen molar-refractivity contribution in [3.05, 3.63) is 54.1 Å². The molecule has 1 aliphatic rings. The molecule has 10 heteroatoms. The Morgan fingerprint density at radius 1 is 1.22 bits per heavy atom. The van der Waals surface area contributed by atoms with Crippen molar-refractivity contribution in [2.45, 2.75) is 0 Å². The molecule has 27 heavy (non-hydrogen) atoms. The summed E-state index contributed by atoms with van der Waals surface area (Å²) < 4.78 is 40.8. The molecule has 1 amide bonds. The van der Waals surface area contributed by atoms with Gasteiger partial charge in [0, 0.05) is 25.2 Å². The van der Waals surface area contributed by atoms with E-state index in [4.69, 9.17) is 0 Å². The maximum absolute atomic E-state index is 13.6. The lowest BCUT2D eigenvalue weighted by Gasteiger charge is -2.19. The number of H-pyrrole nitrogens is 1. The van der Waals surface area contributed by atoms with Crippen LogP contribution < -0.4 is 13.9 Å². The SMILES string of the molecule is CN1c2ccc(F)cc2N(CCNC(=O)c2ccc3nc[nH]c3c2)S1(=O)=O. The van der Waals surface area contributed by atoms with E-state index in [1.54, 1.807) is 18.2 Å². The van der Waals surface area contributed by atoms with Gasteiger partial charge in [0.25, 0.3) is 5.91 Å². The summed E-state index contributed by atoms with van der Waals surface area (Å²) in [4.78, 5) is 19.3. The fourth-order valence-corrected chi connectivity index (χ4v) is 4.46. The largest absolute Gasteiger partial charge is 0.350 e. The fourth-order valence-electron chi connectivity index (χ4n) is 3.04. The second kappa shape index (κ2) is 6.23. The van der Waals surface area contributed by atoms with E-state index in [1.165, 1.54) is 31.6 Å². The predicted molar refractivity (Wildman–Crippen MR) is 99.5 cm³/mol. The molecule has 0 radical (unpaired) electrons. The van der Waals surface area contributed by atoms with Gasteiger partial charge >= 0.3 is 10.2 Å². The number of halogens is 1. The first-order valence-corrected chi connectivity index (χ1v) is 9.55. The molecule has 3 aromatic rings. The molecule has 4 rings (SSSR count). The molecule has 1 aliphatic heterocycles. The van der Waals surface area contributed by atoms with Gasteiger partial charge in [0.2, 0.25) is 0 Å². The summed E-state index contributed by atoms with van der Waals surface area (Å²) in [6, 6.07) is 8.83. The minimum absolute atomic E-state index is 0.0127. The van der Waals surface area contributed by atoms with Gasteiger partial charge in [-0.3, -0.25) is 9.10 Å². The number of fused-ring (bicyclic) bond motifs is 2. The van der Waals surface area contributed by atoms with Crippen molar-refractivity contribution in [3.63, 3.8) is 0 Å². The second-order valence-corrected chi connectivity index (χ2v) is 7.95. The number of hydrogen-bond donors (Lipinski definition) is 2. The normalized spacial score (nSPS) is 15.2. The molecule has 0 unspecified atom stereocenters.